The van der Waals surface area contributed by atoms with E-state index >= 15 is 0 Å². The van der Waals surface area contributed by atoms with Crippen LogP contribution in [0.5, 0.6) is 0 Å². The van der Waals surface area contributed by atoms with Gasteiger partial charge in [-0.25, -0.2) is 0 Å². The summed E-state index contributed by atoms with van der Waals surface area (Å²) in [6.45, 7) is 2.17. The van der Waals surface area contributed by atoms with Crippen LogP contribution in [0.25, 0.3) is 0 Å². The minimum Gasteiger partial charge on any atom is -0.382 e. The van der Waals surface area contributed by atoms with Gasteiger partial charge in [-0.05, 0) is 13.5 Å². The van der Waals surface area contributed by atoms with Crippen molar-refractivity contribution in [1.29, 1.82) is 0 Å². The molecule has 0 unspecified atom stereocenters. The van der Waals surface area contributed by atoms with Crippen molar-refractivity contribution in [3.63, 3.8) is 0 Å². The lowest BCUT2D eigenvalue weighted by atomic mass is 10.1. The van der Waals surface area contributed by atoms with Crippen LogP contribution in [-0.4, -0.2) is 35.2 Å². The molecule has 0 atom stereocenters. The Morgan fingerprint density at radius 2 is 2.17 bits per heavy atom. The van der Waals surface area contributed by atoms with Crippen LogP contribution in [-0.2, 0) is 12.8 Å². The van der Waals surface area contributed by atoms with Crippen molar-refractivity contribution in [2.45, 2.75) is 12.8 Å². The van der Waals surface area contributed by atoms with Gasteiger partial charge in [0.05, 0.1) is 0 Å². The van der Waals surface area contributed by atoms with E-state index in [0.717, 1.165) is 25.9 Å². The fraction of sp³-hybridized carbons (Fsp3) is 0.625. The summed E-state index contributed by atoms with van der Waals surface area (Å²) in [5.74, 6) is 0.681. The minimum atomic E-state index is 0.681. The molecule has 66 valence electrons. The third-order valence-corrected chi connectivity index (χ3v) is 2.47. The number of aromatic nitrogens is 2. The maximum atomic E-state index is 5.72. The number of hydrogen-bond donors (Lipinski definition) is 2. The number of rotatable bonds is 0. The average Bonchev–Trinajstić information content (AvgIpc) is 2.28. The lowest BCUT2D eigenvalue weighted by Crippen LogP contribution is -2.21. The first-order valence-electron chi connectivity index (χ1n) is 4.27. The first-order chi connectivity index (χ1) is 5.77. The molecule has 0 aromatic carbocycles. The summed E-state index contributed by atoms with van der Waals surface area (Å²) in [6.07, 6.45) is 2.06. The molecule has 0 radical (unpaired) electrons. The van der Waals surface area contributed by atoms with Gasteiger partial charge in [-0.3, -0.25) is 5.10 Å². The molecule has 2 rings (SSSR count). The molecule has 12 heavy (non-hydrogen) atoms. The first kappa shape index (κ1) is 7.61. The Labute approximate surface area is 71.7 Å². The summed E-state index contributed by atoms with van der Waals surface area (Å²) < 4.78 is 0. The van der Waals surface area contributed by atoms with Crippen LogP contribution in [0.1, 0.15) is 11.3 Å². The van der Waals surface area contributed by atoms with Gasteiger partial charge in [-0.1, -0.05) is 0 Å². The lowest BCUT2D eigenvalue weighted by Gasteiger charge is -2.11. The number of nitrogen functional groups attached to an aromatic ring is 1. The molecule has 4 nitrogen and oxygen atoms in total. The molecule has 1 aromatic rings. The molecule has 0 saturated heterocycles. The van der Waals surface area contributed by atoms with E-state index in [0.29, 0.717) is 5.82 Å². The molecular weight excluding hydrogens is 152 g/mol. The molecule has 1 aliphatic rings. The average molecular weight is 166 g/mol. The van der Waals surface area contributed by atoms with Gasteiger partial charge in [0.15, 0.2) is 0 Å². The molecule has 1 aromatic heterocycles. The van der Waals surface area contributed by atoms with Gasteiger partial charge in [0.1, 0.15) is 5.82 Å². The van der Waals surface area contributed by atoms with Crippen molar-refractivity contribution in [1.82, 2.24) is 15.1 Å². The van der Waals surface area contributed by atoms with E-state index in [1.165, 1.54) is 11.3 Å². The lowest BCUT2D eigenvalue weighted by molar-refractivity contribution is 0.351. The van der Waals surface area contributed by atoms with Crippen LogP contribution < -0.4 is 5.73 Å². The Morgan fingerprint density at radius 1 is 1.42 bits per heavy atom. The van der Waals surface area contributed by atoms with E-state index < -0.39 is 0 Å². The van der Waals surface area contributed by atoms with Crippen LogP contribution in [0.2, 0.25) is 0 Å². The smallest absolute Gasteiger partial charge is 0.148 e. The van der Waals surface area contributed by atoms with Crippen LogP contribution in [0.15, 0.2) is 0 Å². The third-order valence-electron chi connectivity index (χ3n) is 2.47. The maximum Gasteiger partial charge on any atom is 0.148 e. The maximum absolute atomic E-state index is 5.72. The SMILES string of the molecule is CN1CCc2[nH]nc(N)c2CC1. The molecule has 0 amide bonds. The molecule has 0 fully saturated rings. The van der Waals surface area contributed by atoms with Gasteiger partial charge in [0.25, 0.3) is 0 Å². The molecule has 0 saturated carbocycles. The van der Waals surface area contributed by atoms with E-state index in [-0.39, 0.29) is 0 Å². The Morgan fingerprint density at radius 3 is 3.00 bits per heavy atom. The molecule has 0 aliphatic carbocycles. The number of anilines is 1. The number of hydrogen-bond acceptors (Lipinski definition) is 3. The first-order valence-corrected chi connectivity index (χ1v) is 4.27. The van der Waals surface area contributed by atoms with Crippen molar-refractivity contribution >= 4 is 5.82 Å². The molecule has 0 spiro atoms. The Kier molecular flexibility index (Phi) is 1.77. The van der Waals surface area contributed by atoms with Gasteiger partial charge < -0.3 is 10.6 Å². The zero-order valence-electron chi connectivity index (χ0n) is 7.30. The summed E-state index contributed by atoms with van der Waals surface area (Å²) in [4.78, 5) is 2.31. The largest absolute Gasteiger partial charge is 0.382 e. The van der Waals surface area contributed by atoms with Crippen LogP contribution in [0.4, 0.5) is 5.82 Å². The number of likely N-dealkylation sites (N-methyl/N-ethyl adjacent to an activating group) is 1. The summed E-state index contributed by atoms with van der Waals surface area (Å²) in [6, 6.07) is 0. The second kappa shape index (κ2) is 2.79. The van der Waals surface area contributed by atoms with E-state index in [1.807, 2.05) is 0 Å². The van der Waals surface area contributed by atoms with E-state index in [9.17, 15) is 0 Å². The Bertz CT molecular complexity index is 279. The molecule has 1 aliphatic heterocycles. The number of nitrogens with one attached hydrogen (secondary N) is 1. The number of nitrogens with zero attached hydrogens (tertiary/aromatic N) is 2. The Hall–Kier alpha value is -1.03. The van der Waals surface area contributed by atoms with Crippen molar-refractivity contribution < 1.29 is 0 Å². The van der Waals surface area contributed by atoms with Crippen LogP contribution in [0, 0.1) is 0 Å². The summed E-state index contributed by atoms with van der Waals surface area (Å²) in [5, 5.41) is 6.98. The number of fused-ring (bicyclic) bond motifs is 1. The number of nitrogens with two attached hydrogens (primary N) is 1. The molecular formula is C8H14N4. The van der Waals surface area contributed by atoms with E-state index in [4.69, 9.17) is 5.73 Å². The van der Waals surface area contributed by atoms with Crippen molar-refractivity contribution in [2.24, 2.45) is 0 Å². The quantitative estimate of drug-likeness (QED) is 0.571. The Balaban J connectivity index is 2.28. The number of H-pyrrole nitrogens is 1. The minimum absolute atomic E-state index is 0.681. The third kappa shape index (κ3) is 1.18. The summed E-state index contributed by atoms with van der Waals surface area (Å²) >= 11 is 0. The standard InChI is InChI=1S/C8H14N4/c1-12-4-2-6-7(3-5-12)10-11-8(6)9/h2-5H2,1H3,(H3,9,10,11). The predicted molar refractivity (Wildman–Crippen MR) is 47.9 cm³/mol. The van der Waals surface area contributed by atoms with Gasteiger partial charge in [-0.15, -0.1) is 0 Å². The monoisotopic (exact) mass is 166 g/mol. The van der Waals surface area contributed by atoms with E-state index in [1.54, 1.807) is 0 Å². The van der Waals surface area contributed by atoms with Crippen molar-refractivity contribution in [3.8, 4) is 0 Å². The van der Waals surface area contributed by atoms with Crippen molar-refractivity contribution in [2.75, 3.05) is 25.9 Å². The molecule has 3 N–H and O–H groups in total. The fourth-order valence-electron chi connectivity index (χ4n) is 1.62. The second-order valence-corrected chi connectivity index (χ2v) is 3.37. The number of aromatic amines is 1. The van der Waals surface area contributed by atoms with Crippen LogP contribution >= 0.6 is 0 Å². The highest BCUT2D eigenvalue weighted by atomic mass is 15.2. The second-order valence-electron chi connectivity index (χ2n) is 3.37. The van der Waals surface area contributed by atoms with Crippen molar-refractivity contribution in [3.05, 3.63) is 11.3 Å². The summed E-state index contributed by atoms with van der Waals surface area (Å²) in [7, 11) is 2.13. The van der Waals surface area contributed by atoms with E-state index in [2.05, 4.69) is 22.1 Å². The highest BCUT2D eigenvalue weighted by Gasteiger charge is 2.15. The highest BCUT2D eigenvalue weighted by molar-refractivity contribution is 5.42. The van der Waals surface area contributed by atoms with Gasteiger partial charge in [0.2, 0.25) is 0 Å². The highest BCUT2D eigenvalue weighted by Crippen LogP contribution is 2.17. The van der Waals surface area contributed by atoms with Crippen LogP contribution in [0.3, 0.4) is 0 Å². The molecule has 4 heteroatoms. The zero-order valence-corrected chi connectivity index (χ0v) is 7.30. The fourth-order valence-corrected chi connectivity index (χ4v) is 1.62. The van der Waals surface area contributed by atoms with Gasteiger partial charge in [-0.2, -0.15) is 5.10 Å². The normalized spacial score (nSPS) is 18.8. The zero-order chi connectivity index (χ0) is 8.55. The summed E-state index contributed by atoms with van der Waals surface area (Å²) in [5.41, 5.74) is 8.16. The molecule has 2 heterocycles. The predicted octanol–water partition coefficient (Wildman–Crippen LogP) is 0.0223. The molecule has 0 bridgehead atoms. The topological polar surface area (TPSA) is 57.9 Å². The van der Waals surface area contributed by atoms with Gasteiger partial charge in [0, 0.05) is 30.8 Å². The van der Waals surface area contributed by atoms with Gasteiger partial charge >= 0.3 is 0 Å².